The molecule has 0 aliphatic carbocycles. The lowest BCUT2D eigenvalue weighted by Gasteiger charge is -2.44. The van der Waals surface area contributed by atoms with E-state index in [0.717, 1.165) is 21.2 Å². The smallest absolute Gasteiger partial charge is 0.338 e. The summed E-state index contributed by atoms with van der Waals surface area (Å²) < 4.78 is 25.1. The van der Waals surface area contributed by atoms with Crippen LogP contribution in [0, 0.1) is 0 Å². The van der Waals surface area contributed by atoms with Crippen LogP contribution in [0.15, 0.2) is 138 Å². The summed E-state index contributed by atoms with van der Waals surface area (Å²) in [5, 5.41) is 12.7. The van der Waals surface area contributed by atoms with Gasteiger partial charge in [-0.1, -0.05) is 103 Å². The Kier molecular flexibility index (Phi) is 9.87. The Morgan fingerprint density at radius 2 is 1.20 bits per heavy atom. The topological polar surface area (TPSA) is 91.3 Å². The van der Waals surface area contributed by atoms with E-state index in [-0.39, 0.29) is 6.61 Å². The second-order valence-electron chi connectivity index (χ2n) is 10.6. The van der Waals surface area contributed by atoms with Crippen molar-refractivity contribution in [2.24, 2.45) is 0 Å². The zero-order valence-electron chi connectivity index (χ0n) is 24.3. The fourth-order valence-electron chi connectivity index (χ4n) is 5.26. The summed E-state index contributed by atoms with van der Waals surface area (Å²) in [6, 6.07) is 40.8. The molecule has 1 fully saturated rings. The first-order valence-electron chi connectivity index (χ1n) is 14.7. The minimum atomic E-state index is -1.09. The van der Waals surface area contributed by atoms with Crippen LogP contribution in [0.1, 0.15) is 26.3 Å². The van der Waals surface area contributed by atoms with Crippen molar-refractivity contribution in [3.05, 3.63) is 150 Å². The third kappa shape index (κ3) is 7.44. The number of aliphatic hydroxyl groups excluding tert-OH is 1. The van der Waals surface area contributed by atoms with Gasteiger partial charge in [0.2, 0.25) is 0 Å². The largest absolute Gasteiger partial charge is 0.453 e. The van der Waals surface area contributed by atoms with Crippen LogP contribution in [0.3, 0.4) is 0 Å². The molecule has 0 unspecified atom stereocenters. The van der Waals surface area contributed by atoms with Gasteiger partial charge in [0.15, 0.2) is 12.2 Å². The molecular formula is C37H32O7S. The SMILES string of the molecule is O=C(O[C@H]1[C@@H](OCc2ccc3ccccc3c2)[C@H](OC(=O)c2ccccc2)[C@@H](CO)O[C@@H]1Sc1ccccc1)c1ccccc1. The van der Waals surface area contributed by atoms with Gasteiger partial charge in [-0.25, -0.2) is 9.59 Å². The van der Waals surface area contributed by atoms with E-state index < -0.39 is 48.4 Å². The van der Waals surface area contributed by atoms with Gasteiger partial charge in [0.05, 0.1) is 24.3 Å². The number of carbonyl (C=O) groups is 2. The lowest BCUT2D eigenvalue weighted by Crippen LogP contribution is -2.61. The van der Waals surface area contributed by atoms with Gasteiger partial charge in [-0.05, 0) is 58.8 Å². The van der Waals surface area contributed by atoms with Crippen LogP contribution in [0.2, 0.25) is 0 Å². The van der Waals surface area contributed by atoms with Crippen molar-refractivity contribution in [1.29, 1.82) is 0 Å². The summed E-state index contributed by atoms with van der Waals surface area (Å²) >= 11 is 1.34. The third-order valence-electron chi connectivity index (χ3n) is 7.53. The van der Waals surface area contributed by atoms with Gasteiger partial charge in [0.25, 0.3) is 0 Å². The molecule has 1 saturated heterocycles. The lowest BCUT2D eigenvalue weighted by molar-refractivity contribution is -0.223. The quantitative estimate of drug-likeness (QED) is 0.173. The monoisotopic (exact) mass is 620 g/mol. The number of rotatable bonds is 10. The molecule has 0 radical (unpaired) electrons. The summed E-state index contributed by atoms with van der Waals surface area (Å²) in [5.74, 6) is -1.18. The Bertz CT molecular complexity index is 1710. The molecule has 45 heavy (non-hydrogen) atoms. The van der Waals surface area contributed by atoms with Crippen LogP contribution in [0.4, 0.5) is 0 Å². The number of fused-ring (bicyclic) bond motifs is 1. The van der Waals surface area contributed by atoms with Gasteiger partial charge in [-0.15, -0.1) is 0 Å². The lowest BCUT2D eigenvalue weighted by atomic mass is 9.98. The molecule has 6 rings (SSSR count). The van der Waals surface area contributed by atoms with Gasteiger partial charge in [0, 0.05) is 4.90 Å². The molecule has 1 N–H and O–H groups in total. The van der Waals surface area contributed by atoms with Gasteiger partial charge < -0.3 is 24.1 Å². The molecule has 1 heterocycles. The van der Waals surface area contributed by atoms with Crippen molar-refractivity contribution in [2.75, 3.05) is 6.61 Å². The van der Waals surface area contributed by atoms with Crippen molar-refractivity contribution in [3.8, 4) is 0 Å². The Labute approximate surface area is 265 Å². The van der Waals surface area contributed by atoms with Crippen molar-refractivity contribution < 1.29 is 33.6 Å². The maximum Gasteiger partial charge on any atom is 0.338 e. The summed E-state index contributed by atoms with van der Waals surface area (Å²) in [6.45, 7) is -0.317. The van der Waals surface area contributed by atoms with Gasteiger partial charge in [0.1, 0.15) is 17.6 Å². The second kappa shape index (κ2) is 14.5. The molecular weight excluding hydrogens is 588 g/mol. The van der Waals surface area contributed by atoms with E-state index in [1.165, 1.54) is 11.8 Å². The number of benzene rings is 5. The van der Waals surface area contributed by atoms with Crippen LogP contribution in [0.5, 0.6) is 0 Å². The minimum absolute atomic E-state index is 0.134. The molecule has 7 nitrogen and oxygen atoms in total. The van der Waals surface area contributed by atoms with E-state index in [9.17, 15) is 14.7 Å². The first-order chi connectivity index (χ1) is 22.1. The average molecular weight is 621 g/mol. The molecule has 5 aromatic rings. The Balaban J connectivity index is 1.36. The molecule has 8 heteroatoms. The van der Waals surface area contributed by atoms with Crippen molar-refractivity contribution in [2.45, 2.75) is 41.4 Å². The molecule has 5 atom stereocenters. The van der Waals surface area contributed by atoms with E-state index >= 15 is 0 Å². The number of hydrogen-bond donors (Lipinski definition) is 1. The summed E-state index contributed by atoms with van der Waals surface area (Å²) in [7, 11) is 0. The molecule has 0 bridgehead atoms. The summed E-state index contributed by atoms with van der Waals surface area (Å²) in [4.78, 5) is 27.7. The number of thioether (sulfide) groups is 1. The number of esters is 2. The molecule has 1 aliphatic heterocycles. The van der Waals surface area contributed by atoms with E-state index in [2.05, 4.69) is 0 Å². The number of hydrogen-bond acceptors (Lipinski definition) is 8. The predicted octanol–water partition coefficient (Wildman–Crippen LogP) is 6.69. The van der Waals surface area contributed by atoms with Crippen LogP contribution in [-0.4, -0.2) is 53.5 Å². The molecule has 0 spiro atoms. The Morgan fingerprint density at radius 1 is 0.644 bits per heavy atom. The second-order valence-corrected chi connectivity index (χ2v) is 11.8. The third-order valence-corrected chi connectivity index (χ3v) is 8.68. The first-order valence-corrected chi connectivity index (χ1v) is 15.6. The van der Waals surface area contributed by atoms with Gasteiger partial charge in [-0.2, -0.15) is 0 Å². The summed E-state index contributed by atoms with van der Waals surface area (Å²) in [5.41, 5.74) is 0.789. The highest BCUT2D eigenvalue weighted by molar-refractivity contribution is 7.99. The zero-order chi connectivity index (χ0) is 31.0. The number of ether oxygens (including phenoxy) is 4. The fraction of sp³-hybridized carbons (Fsp3) is 0.189. The summed E-state index contributed by atoms with van der Waals surface area (Å²) in [6.07, 6.45) is -4.04. The first kappa shape index (κ1) is 30.6. The highest BCUT2D eigenvalue weighted by Gasteiger charge is 2.51. The average Bonchev–Trinajstić information content (AvgIpc) is 3.10. The fourth-order valence-corrected chi connectivity index (χ4v) is 6.39. The molecule has 228 valence electrons. The van der Waals surface area contributed by atoms with E-state index in [1.54, 1.807) is 54.6 Å². The van der Waals surface area contributed by atoms with Crippen molar-refractivity contribution >= 4 is 34.5 Å². The minimum Gasteiger partial charge on any atom is -0.453 e. The maximum absolute atomic E-state index is 13.5. The van der Waals surface area contributed by atoms with Crippen LogP contribution >= 0.6 is 11.8 Å². The molecule has 1 aliphatic rings. The number of carbonyl (C=O) groups excluding carboxylic acids is 2. The van der Waals surface area contributed by atoms with Gasteiger partial charge >= 0.3 is 11.9 Å². The molecule has 0 amide bonds. The van der Waals surface area contributed by atoms with Crippen LogP contribution in [0.25, 0.3) is 10.8 Å². The van der Waals surface area contributed by atoms with E-state index in [4.69, 9.17) is 18.9 Å². The predicted molar refractivity (Wildman–Crippen MR) is 172 cm³/mol. The molecule has 0 aromatic heterocycles. The van der Waals surface area contributed by atoms with E-state index in [0.29, 0.717) is 11.1 Å². The Morgan fingerprint density at radius 3 is 1.82 bits per heavy atom. The Hall–Kier alpha value is -4.47. The van der Waals surface area contributed by atoms with Crippen LogP contribution < -0.4 is 0 Å². The zero-order valence-corrected chi connectivity index (χ0v) is 25.1. The molecule has 5 aromatic carbocycles. The normalized spacial score (nSPS) is 21.2. The molecule has 0 saturated carbocycles. The highest BCUT2D eigenvalue weighted by atomic mass is 32.2. The van der Waals surface area contributed by atoms with Gasteiger partial charge in [-0.3, -0.25) is 0 Å². The van der Waals surface area contributed by atoms with Crippen molar-refractivity contribution in [1.82, 2.24) is 0 Å². The maximum atomic E-state index is 13.5. The highest BCUT2D eigenvalue weighted by Crippen LogP contribution is 2.38. The standard InChI is InChI=1S/C37H32O7S/c38-23-31-32(43-35(39)27-13-4-1-5-14-27)33(41-24-25-20-21-26-12-10-11-17-29(26)22-25)34(44-36(40)28-15-6-2-7-16-28)37(42-31)45-30-18-8-3-9-19-30/h1-22,31-34,37-38H,23-24H2/t31-,32-,33+,34+,37-/m1/s1. The number of aliphatic hydroxyl groups is 1. The van der Waals surface area contributed by atoms with Crippen molar-refractivity contribution in [3.63, 3.8) is 0 Å². The van der Waals surface area contributed by atoms with Crippen LogP contribution in [-0.2, 0) is 25.6 Å². The van der Waals surface area contributed by atoms with E-state index in [1.807, 2.05) is 78.9 Å².